The zero-order chi connectivity index (χ0) is 18.9. The molecule has 2 unspecified atom stereocenters. The SMILES string of the molecule is COc1cc(C(C)=O)ccc1OCCCC(=O)NC1CCCCC1CN. The number of carbonyl (C=O) groups is 2. The molecule has 1 aliphatic rings. The Hall–Kier alpha value is -2.08. The van der Waals surface area contributed by atoms with Gasteiger partial charge in [0.25, 0.3) is 0 Å². The van der Waals surface area contributed by atoms with Gasteiger partial charge in [-0.3, -0.25) is 9.59 Å². The Balaban J connectivity index is 1.76. The van der Waals surface area contributed by atoms with Crippen LogP contribution < -0.4 is 20.5 Å². The second-order valence-corrected chi connectivity index (χ2v) is 6.83. The van der Waals surface area contributed by atoms with Gasteiger partial charge in [0, 0.05) is 18.0 Å². The van der Waals surface area contributed by atoms with Crippen molar-refractivity contribution in [3.05, 3.63) is 23.8 Å². The number of hydrogen-bond donors (Lipinski definition) is 2. The van der Waals surface area contributed by atoms with Crippen molar-refractivity contribution >= 4 is 11.7 Å². The zero-order valence-corrected chi connectivity index (χ0v) is 15.8. The minimum atomic E-state index is -0.0231. The number of ketones is 1. The number of carbonyl (C=O) groups excluding carboxylic acids is 2. The van der Waals surface area contributed by atoms with E-state index < -0.39 is 0 Å². The molecule has 1 aromatic carbocycles. The molecule has 1 saturated carbocycles. The fourth-order valence-corrected chi connectivity index (χ4v) is 3.38. The molecule has 6 nitrogen and oxygen atoms in total. The monoisotopic (exact) mass is 362 g/mol. The molecule has 0 saturated heterocycles. The molecule has 0 spiro atoms. The molecule has 0 aromatic heterocycles. The minimum absolute atomic E-state index is 0.0231. The summed E-state index contributed by atoms with van der Waals surface area (Å²) in [6.45, 7) is 2.55. The van der Waals surface area contributed by atoms with Crippen molar-refractivity contribution in [3.63, 3.8) is 0 Å². The van der Waals surface area contributed by atoms with Crippen LogP contribution in [-0.2, 0) is 4.79 Å². The van der Waals surface area contributed by atoms with E-state index in [4.69, 9.17) is 15.2 Å². The fourth-order valence-electron chi connectivity index (χ4n) is 3.38. The quantitative estimate of drug-likeness (QED) is 0.521. The average molecular weight is 362 g/mol. The molecule has 1 aliphatic carbocycles. The Morgan fingerprint density at radius 1 is 1.23 bits per heavy atom. The summed E-state index contributed by atoms with van der Waals surface area (Å²) in [4.78, 5) is 23.6. The van der Waals surface area contributed by atoms with Gasteiger partial charge in [-0.05, 0) is 56.8 Å². The van der Waals surface area contributed by atoms with Gasteiger partial charge in [0.05, 0.1) is 13.7 Å². The highest BCUT2D eigenvalue weighted by molar-refractivity contribution is 5.94. The number of hydrogen-bond acceptors (Lipinski definition) is 5. The summed E-state index contributed by atoms with van der Waals surface area (Å²) in [6.07, 6.45) is 5.50. The maximum absolute atomic E-state index is 12.2. The van der Waals surface area contributed by atoms with Crippen LogP contribution in [0.15, 0.2) is 18.2 Å². The van der Waals surface area contributed by atoms with Gasteiger partial charge >= 0.3 is 0 Å². The number of Topliss-reactive ketones (excluding diaryl/α,β-unsaturated/α-hetero) is 1. The number of amides is 1. The minimum Gasteiger partial charge on any atom is -0.493 e. The van der Waals surface area contributed by atoms with Crippen LogP contribution in [-0.4, -0.2) is 38.0 Å². The van der Waals surface area contributed by atoms with Gasteiger partial charge in [-0.25, -0.2) is 0 Å². The summed E-state index contributed by atoms with van der Waals surface area (Å²) in [5.41, 5.74) is 6.39. The van der Waals surface area contributed by atoms with Crippen LogP contribution in [0, 0.1) is 5.92 Å². The molecule has 0 bridgehead atoms. The summed E-state index contributed by atoms with van der Waals surface area (Å²) in [5, 5.41) is 3.12. The van der Waals surface area contributed by atoms with E-state index in [2.05, 4.69) is 5.32 Å². The number of ether oxygens (including phenoxy) is 2. The third-order valence-corrected chi connectivity index (χ3v) is 4.93. The van der Waals surface area contributed by atoms with Gasteiger partial charge < -0.3 is 20.5 Å². The lowest BCUT2D eigenvalue weighted by molar-refractivity contribution is -0.122. The van der Waals surface area contributed by atoms with Gasteiger partial charge in [0.2, 0.25) is 5.91 Å². The van der Waals surface area contributed by atoms with Crippen LogP contribution in [0.25, 0.3) is 0 Å². The Bertz CT molecular complexity index is 618. The normalized spacial score (nSPS) is 19.7. The number of nitrogens with one attached hydrogen (secondary N) is 1. The lowest BCUT2D eigenvalue weighted by atomic mass is 9.84. The van der Waals surface area contributed by atoms with Gasteiger partial charge in [-0.2, -0.15) is 0 Å². The Labute approximate surface area is 155 Å². The summed E-state index contributed by atoms with van der Waals surface area (Å²) >= 11 is 0. The largest absolute Gasteiger partial charge is 0.493 e. The summed E-state index contributed by atoms with van der Waals surface area (Å²) in [6, 6.07) is 5.31. The highest BCUT2D eigenvalue weighted by atomic mass is 16.5. The molecular weight excluding hydrogens is 332 g/mol. The maximum Gasteiger partial charge on any atom is 0.220 e. The fraction of sp³-hybridized carbons (Fsp3) is 0.600. The molecule has 0 aliphatic heterocycles. The molecule has 2 rings (SSSR count). The van der Waals surface area contributed by atoms with Crippen molar-refractivity contribution in [3.8, 4) is 11.5 Å². The molecule has 0 heterocycles. The predicted molar refractivity (Wildman–Crippen MR) is 101 cm³/mol. The lowest BCUT2D eigenvalue weighted by Crippen LogP contribution is -2.44. The Kier molecular flexibility index (Phi) is 7.91. The van der Waals surface area contributed by atoms with Crippen LogP contribution in [0.2, 0.25) is 0 Å². The van der Waals surface area contributed by atoms with Crippen LogP contribution in [0.4, 0.5) is 0 Å². The molecule has 1 fully saturated rings. The first-order valence-corrected chi connectivity index (χ1v) is 9.36. The van der Waals surface area contributed by atoms with Gasteiger partial charge in [0.1, 0.15) is 0 Å². The van der Waals surface area contributed by atoms with Crippen LogP contribution in [0.5, 0.6) is 11.5 Å². The van der Waals surface area contributed by atoms with E-state index in [1.54, 1.807) is 18.2 Å². The molecule has 26 heavy (non-hydrogen) atoms. The van der Waals surface area contributed by atoms with Gasteiger partial charge in [-0.1, -0.05) is 12.8 Å². The second-order valence-electron chi connectivity index (χ2n) is 6.83. The number of rotatable bonds is 9. The molecule has 1 amide bonds. The summed E-state index contributed by atoms with van der Waals surface area (Å²) in [5.74, 6) is 1.53. The topological polar surface area (TPSA) is 90.6 Å². The maximum atomic E-state index is 12.2. The average Bonchev–Trinajstić information content (AvgIpc) is 2.65. The third kappa shape index (κ3) is 5.73. The zero-order valence-electron chi connectivity index (χ0n) is 15.8. The second kappa shape index (κ2) is 10.2. The summed E-state index contributed by atoms with van der Waals surface area (Å²) < 4.78 is 11.0. The van der Waals surface area contributed by atoms with Crippen molar-refractivity contribution in [2.24, 2.45) is 11.7 Å². The van der Waals surface area contributed by atoms with Gasteiger partial charge in [-0.15, -0.1) is 0 Å². The number of benzene rings is 1. The van der Waals surface area contributed by atoms with Crippen molar-refractivity contribution in [1.29, 1.82) is 0 Å². The first kappa shape index (κ1) is 20.2. The van der Waals surface area contributed by atoms with Crippen LogP contribution >= 0.6 is 0 Å². The summed E-state index contributed by atoms with van der Waals surface area (Å²) in [7, 11) is 1.54. The van der Waals surface area contributed by atoms with E-state index in [0.29, 0.717) is 49.0 Å². The van der Waals surface area contributed by atoms with Crippen LogP contribution in [0.1, 0.15) is 55.8 Å². The third-order valence-electron chi connectivity index (χ3n) is 4.93. The molecule has 6 heteroatoms. The van der Waals surface area contributed by atoms with E-state index in [-0.39, 0.29) is 17.7 Å². The molecule has 144 valence electrons. The lowest BCUT2D eigenvalue weighted by Gasteiger charge is -2.31. The van der Waals surface area contributed by atoms with E-state index in [1.807, 2.05) is 0 Å². The molecule has 3 N–H and O–H groups in total. The van der Waals surface area contributed by atoms with Crippen molar-refractivity contribution in [2.75, 3.05) is 20.3 Å². The first-order chi connectivity index (χ1) is 12.5. The van der Waals surface area contributed by atoms with E-state index >= 15 is 0 Å². The highest BCUT2D eigenvalue weighted by Crippen LogP contribution is 2.28. The van der Waals surface area contributed by atoms with Gasteiger partial charge in [0.15, 0.2) is 17.3 Å². The molecule has 1 aromatic rings. The molecular formula is C20H30N2O4. The first-order valence-electron chi connectivity index (χ1n) is 9.36. The van der Waals surface area contributed by atoms with E-state index in [0.717, 1.165) is 19.3 Å². The Morgan fingerprint density at radius 2 is 2.00 bits per heavy atom. The van der Waals surface area contributed by atoms with E-state index in [1.165, 1.54) is 20.5 Å². The predicted octanol–water partition coefficient (Wildman–Crippen LogP) is 2.69. The van der Waals surface area contributed by atoms with E-state index in [9.17, 15) is 9.59 Å². The van der Waals surface area contributed by atoms with Crippen molar-refractivity contribution < 1.29 is 19.1 Å². The smallest absolute Gasteiger partial charge is 0.220 e. The highest BCUT2D eigenvalue weighted by Gasteiger charge is 2.25. The van der Waals surface area contributed by atoms with Crippen LogP contribution in [0.3, 0.4) is 0 Å². The molecule has 2 atom stereocenters. The standard InChI is InChI=1S/C20H30N2O4/c1-14(23)15-9-10-18(19(12-15)25-2)26-11-5-8-20(24)22-17-7-4-3-6-16(17)13-21/h9-10,12,16-17H,3-8,11,13,21H2,1-2H3,(H,22,24). The van der Waals surface area contributed by atoms with Crippen molar-refractivity contribution in [1.82, 2.24) is 5.32 Å². The molecule has 0 radical (unpaired) electrons. The number of nitrogens with two attached hydrogens (primary N) is 1. The Morgan fingerprint density at radius 3 is 2.69 bits per heavy atom. The number of methoxy groups -OCH3 is 1. The van der Waals surface area contributed by atoms with Crippen molar-refractivity contribution in [2.45, 2.75) is 51.5 Å².